The molecule has 1 aromatic carbocycles. The highest BCUT2D eigenvalue weighted by atomic mass is 16.5. The number of likely N-dealkylation sites (tertiary alicyclic amines) is 1. The van der Waals surface area contributed by atoms with Crippen molar-refractivity contribution in [2.24, 2.45) is 17.3 Å². The molecule has 324 valence electrons. The number of carbonyl (C=O) groups excluding carboxylic acids is 8. The van der Waals surface area contributed by atoms with Gasteiger partial charge in [0.05, 0.1) is 24.2 Å². The number of amides is 8. The molecule has 6 N–H and O–H groups in total. The third-order valence-electron chi connectivity index (χ3n) is 10.9. The second kappa shape index (κ2) is 20.8. The van der Waals surface area contributed by atoms with Crippen LogP contribution in [-0.2, 0) is 35.3 Å². The van der Waals surface area contributed by atoms with Gasteiger partial charge >= 0.3 is 12.1 Å². The minimum absolute atomic E-state index is 0.0336. The Morgan fingerprint density at radius 1 is 0.850 bits per heavy atom. The molecule has 3 fully saturated rings. The van der Waals surface area contributed by atoms with Crippen LogP contribution in [0.1, 0.15) is 102 Å². The molecule has 1 aromatic heterocycles. The van der Waals surface area contributed by atoms with E-state index in [1.54, 1.807) is 58.0 Å². The van der Waals surface area contributed by atoms with Crippen LogP contribution >= 0.6 is 0 Å². The molecule has 2 aliphatic carbocycles. The number of ketones is 1. The topological polar surface area (TPSA) is 247 Å². The summed E-state index contributed by atoms with van der Waals surface area (Å²) in [5.74, 6) is -5.48. The molecule has 5 rings (SSSR count). The highest BCUT2D eigenvalue weighted by molar-refractivity contribution is 6.38. The van der Waals surface area contributed by atoms with Crippen LogP contribution in [0.15, 0.2) is 48.9 Å². The molecule has 2 heterocycles. The summed E-state index contributed by atoms with van der Waals surface area (Å²) in [4.78, 5) is 117. The zero-order chi connectivity index (χ0) is 43.4. The van der Waals surface area contributed by atoms with E-state index in [4.69, 9.17) is 4.74 Å². The zero-order valence-electron chi connectivity index (χ0n) is 34.7. The van der Waals surface area contributed by atoms with Crippen LogP contribution in [0.2, 0.25) is 0 Å². The standard InChI is InChI=1S/C42H57N9O9/c1-5-12-29(33(52)38(56)45-27-17-18-27)46-35(53)28-22-51(40(58)50-41(59)60-24-25-13-8-6-9-14-25)23-31(28)47-39(57)34(42(2,3)4)49-37(55)32(26-15-10-7-11-16-26)48-36(54)30-21-43-19-20-44-30/h6,8-9,13-14,19-21,26-29,31-32,34H,5,7,10-12,15-18,22-24H2,1-4H3,(H,45,56)(H,46,53)(H,47,57)(H,48,54)(H,49,55)(H,50,58,59)/t28-,29?,31+,32+,34-/m1/s1. The van der Waals surface area contributed by atoms with Crippen LogP contribution < -0.4 is 31.9 Å². The van der Waals surface area contributed by atoms with Gasteiger partial charge in [0.15, 0.2) is 0 Å². The predicted molar refractivity (Wildman–Crippen MR) is 216 cm³/mol. The van der Waals surface area contributed by atoms with E-state index in [1.165, 1.54) is 23.5 Å². The number of hydrogen-bond acceptors (Lipinski definition) is 11. The molecule has 18 heteroatoms. The third-order valence-corrected chi connectivity index (χ3v) is 10.9. The Labute approximate surface area is 349 Å². The Balaban J connectivity index is 1.33. The lowest BCUT2D eigenvalue weighted by Crippen LogP contribution is -2.61. The van der Waals surface area contributed by atoms with Gasteiger partial charge in [0.1, 0.15) is 24.4 Å². The first-order chi connectivity index (χ1) is 28.6. The number of alkyl carbamates (subject to hydrolysis) is 1. The molecule has 2 saturated carbocycles. The predicted octanol–water partition coefficient (Wildman–Crippen LogP) is 2.28. The monoisotopic (exact) mass is 831 g/mol. The lowest BCUT2D eigenvalue weighted by atomic mass is 9.82. The first-order valence-corrected chi connectivity index (χ1v) is 20.7. The van der Waals surface area contributed by atoms with E-state index in [0.29, 0.717) is 24.8 Å². The molecule has 1 saturated heterocycles. The lowest BCUT2D eigenvalue weighted by molar-refractivity contribution is -0.140. The van der Waals surface area contributed by atoms with Crippen molar-refractivity contribution >= 4 is 47.4 Å². The van der Waals surface area contributed by atoms with Crippen LogP contribution in [0.25, 0.3) is 0 Å². The highest BCUT2D eigenvalue weighted by Gasteiger charge is 2.45. The molecule has 0 spiro atoms. The number of urea groups is 1. The maximum atomic E-state index is 14.3. The van der Waals surface area contributed by atoms with E-state index in [2.05, 4.69) is 41.9 Å². The van der Waals surface area contributed by atoms with Crippen molar-refractivity contribution in [1.82, 2.24) is 46.8 Å². The summed E-state index contributed by atoms with van der Waals surface area (Å²) in [6, 6.07) is 3.47. The number of rotatable bonds is 16. The van der Waals surface area contributed by atoms with Crippen molar-refractivity contribution in [3.63, 3.8) is 0 Å². The molecule has 1 unspecified atom stereocenters. The fraction of sp³-hybridized carbons (Fsp3) is 0.571. The van der Waals surface area contributed by atoms with Gasteiger partial charge in [0.25, 0.3) is 11.8 Å². The number of ether oxygens (including phenoxy) is 1. The first-order valence-electron chi connectivity index (χ1n) is 20.7. The summed E-state index contributed by atoms with van der Waals surface area (Å²) >= 11 is 0. The second-order valence-electron chi connectivity index (χ2n) is 16.8. The van der Waals surface area contributed by atoms with Crippen molar-refractivity contribution in [3.8, 4) is 0 Å². The molecule has 18 nitrogen and oxygen atoms in total. The van der Waals surface area contributed by atoms with E-state index in [9.17, 15) is 38.4 Å². The van der Waals surface area contributed by atoms with Crippen molar-refractivity contribution in [2.75, 3.05) is 13.1 Å². The molecule has 60 heavy (non-hydrogen) atoms. The van der Waals surface area contributed by atoms with Crippen molar-refractivity contribution in [3.05, 3.63) is 60.2 Å². The summed E-state index contributed by atoms with van der Waals surface area (Å²) in [7, 11) is 0. The third kappa shape index (κ3) is 12.8. The average molecular weight is 832 g/mol. The number of Topliss-reactive ketones (excluding diaryl/α,β-unsaturated/α-hetero) is 1. The Kier molecular flexibility index (Phi) is 15.7. The van der Waals surface area contributed by atoms with Gasteiger partial charge in [-0.1, -0.05) is 83.7 Å². The molecule has 3 aliphatic rings. The first kappa shape index (κ1) is 45.1. The molecule has 5 atom stereocenters. The summed E-state index contributed by atoms with van der Waals surface area (Å²) in [6.07, 6.45) is 9.34. The van der Waals surface area contributed by atoms with Crippen LogP contribution in [0, 0.1) is 17.3 Å². The minimum Gasteiger partial charge on any atom is -0.444 e. The van der Waals surface area contributed by atoms with E-state index >= 15 is 0 Å². The Bertz CT molecular complexity index is 1860. The largest absolute Gasteiger partial charge is 0.444 e. The molecular weight excluding hydrogens is 775 g/mol. The summed E-state index contributed by atoms with van der Waals surface area (Å²) < 4.78 is 5.21. The van der Waals surface area contributed by atoms with Gasteiger partial charge in [0, 0.05) is 31.5 Å². The number of benzene rings is 1. The fourth-order valence-electron chi connectivity index (χ4n) is 7.46. The maximum absolute atomic E-state index is 14.3. The molecule has 8 amide bonds. The normalized spacial score (nSPS) is 19.4. The van der Waals surface area contributed by atoms with Crippen molar-refractivity contribution < 1.29 is 43.1 Å². The number of carbonyl (C=O) groups is 8. The molecule has 1 aliphatic heterocycles. The number of aromatic nitrogens is 2. The van der Waals surface area contributed by atoms with Crippen LogP contribution in [0.5, 0.6) is 0 Å². The van der Waals surface area contributed by atoms with Gasteiger partial charge < -0.3 is 36.2 Å². The van der Waals surface area contributed by atoms with Crippen LogP contribution in [0.3, 0.4) is 0 Å². The summed E-state index contributed by atoms with van der Waals surface area (Å²) in [5.41, 5.74) is -0.164. The quantitative estimate of drug-likeness (QED) is 0.134. The minimum atomic E-state index is -1.19. The smallest absolute Gasteiger partial charge is 0.415 e. The fourth-order valence-corrected chi connectivity index (χ4v) is 7.46. The van der Waals surface area contributed by atoms with Gasteiger partial charge in [0.2, 0.25) is 23.5 Å². The maximum Gasteiger partial charge on any atom is 0.415 e. The second-order valence-corrected chi connectivity index (χ2v) is 16.8. The van der Waals surface area contributed by atoms with E-state index < -0.39 is 82.9 Å². The van der Waals surface area contributed by atoms with Crippen molar-refractivity contribution in [1.29, 1.82) is 0 Å². The van der Waals surface area contributed by atoms with E-state index in [1.807, 2.05) is 0 Å². The van der Waals surface area contributed by atoms with Gasteiger partial charge in [-0.05, 0) is 49.0 Å². The zero-order valence-corrected chi connectivity index (χ0v) is 34.7. The van der Waals surface area contributed by atoms with Gasteiger partial charge in [-0.15, -0.1) is 0 Å². The molecular formula is C42H57N9O9. The van der Waals surface area contributed by atoms with E-state index in [0.717, 1.165) is 32.1 Å². The number of imide groups is 1. The number of hydrogen-bond donors (Lipinski definition) is 6. The summed E-state index contributed by atoms with van der Waals surface area (Å²) in [6.45, 7) is 6.43. The SMILES string of the molecule is CCCC(NC(=O)[C@@H]1CN(C(=O)NC(=O)OCc2ccccc2)C[C@@H]1NC(=O)[C@@H](NC(=O)[C@@H](NC(=O)c1cnccn1)C1CCCCC1)C(C)(C)C)C(=O)C(=O)NC1CC1. The lowest BCUT2D eigenvalue weighted by Gasteiger charge is -2.35. The van der Waals surface area contributed by atoms with Crippen LogP contribution in [0.4, 0.5) is 9.59 Å². The average Bonchev–Trinajstić information content (AvgIpc) is 3.95. The number of nitrogens with one attached hydrogen (secondary N) is 6. The van der Waals surface area contributed by atoms with Crippen LogP contribution in [-0.4, -0.2) is 106 Å². The van der Waals surface area contributed by atoms with Gasteiger partial charge in [-0.3, -0.25) is 33.8 Å². The Morgan fingerprint density at radius 3 is 2.20 bits per heavy atom. The van der Waals surface area contributed by atoms with E-state index in [-0.39, 0.29) is 43.8 Å². The molecule has 0 radical (unpaired) electrons. The molecule has 2 aromatic rings. The summed E-state index contributed by atoms with van der Waals surface area (Å²) in [5, 5.41) is 16.0. The van der Waals surface area contributed by atoms with Gasteiger partial charge in [-0.2, -0.15) is 0 Å². The van der Waals surface area contributed by atoms with Crippen molar-refractivity contribution in [2.45, 2.75) is 122 Å². The van der Waals surface area contributed by atoms with Gasteiger partial charge in [-0.25, -0.2) is 19.9 Å². The molecule has 0 bridgehead atoms. The Morgan fingerprint density at radius 2 is 1.57 bits per heavy atom. The highest BCUT2D eigenvalue weighted by Crippen LogP contribution is 2.28. The Hall–Kier alpha value is -5.94. The number of nitrogens with zero attached hydrogens (tertiary/aromatic N) is 3.